The van der Waals surface area contributed by atoms with Gasteiger partial charge in [-0.25, -0.2) is 0 Å². The number of nitrogens with zero attached hydrogens (tertiary/aromatic N) is 3. The Morgan fingerprint density at radius 3 is 2.95 bits per heavy atom. The summed E-state index contributed by atoms with van der Waals surface area (Å²) in [5.74, 6) is 2.40. The maximum Gasteiger partial charge on any atom is 0.257 e. The number of furan rings is 1. The molecule has 0 spiro atoms. The molecule has 1 amide bonds. The molecule has 0 aromatic carbocycles. The van der Waals surface area contributed by atoms with E-state index in [1.807, 2.05) is 18.7 Å². The fraction of sp³-hybridized carbons (Fsp3) is 0.562. The zero-order valence-corrected chi connectivity index (χ0v) is 12.8. The first-order chi connectivity index (χ1) is 10.6. The summed E-state index contributed by atoms with van der Waals surface area (Å²) in [6.07, 6.45) is 4.83. The average Bonchev–Trinajstić information content (AvgIpc) is 3.19. The third-order valence-corrected chi connectivity index (χ3v) is 5.20. The fourth-order valence-corrected chi connectivity index (χ4v) is 4.07. The Morgan fingerprint density at radius 1 is 1.41 bits per heavy atom. The predicted molar refractivity (Wildman–Crippen MR) is 77.4 cm³/mol. The van der Waals surface area contributed by atoms with E-state index >= 15 is 0 Å². The van der Waals surface area contributed by atoms with Gasteiger partial charge in [0.15, 0.2) is 0 Å². The number of hydrogen-bond donors (Lipinski definition) is 0. The normalized spacial score (nSPS) is 27.4. The second kappa shape index (κ2) is 4.69. The Kier molecular flexibility index (Phi) is 2.89. The van der Waals surface area contributed by atoms with E-state index in [1.165, 1.54) is 0 Å². The number of likely N-dealkylation sites (tertiary alicyclic amines) is 1. The lowest BCUT2D eigenvalue weighted by molar-refractivity contribution is 0.0774. The quantitative estimate of drug-likeness (QED) is 0.852. The monoisotopic (exact) mass is 301 g/mol. The molecule has 2 atom stereocenters. The molecule has 6 heteroatoms. The number of carbonyl (C=O) groups is 1. The zero-order valence-electron chi connectivity index (χ0n) is 12.8. The summed E-state index contributed by atoms with van der Waals surface area (Å²) in [6.45, 7) is 5.04. The molecule has 1 aliphatic heterocycles. The third-order valence-electron chi connectivity index (χ3n) is 5.20. The molecule has 0 bridgehead atoms. The van der Waals surface area contributed by atoms with Crippen LogP contribution in [0.25, 0.3) is 0 Å². The SMILES string of the molecule is Cc1nnc([C@]23CCC[C@H]2CN(C(=O)c2ccoc2C)C3)o1. The van der Waals surface area contributed by atoms with Crippen molar-refractivity contribution < 1.29 is 13.6 Å². The van der Waals surface area contributed by atoms with E-state index in [0.717, 1.165) is 25.8 Å². The van der Waals surface area contributed by atoms with Gasteiger partial charge in [-0.05, 0) is 31.7 Å². The minimum atomic E-state index is -0.158. The topological polar surface area (TPSA) is 72.4 Å². The van der Waals surface area contributed by atoms with Gasteiger partial charge in [-0.3, -0.25) is 4.79 Å². The summed E-state index contributed by atoms with van der Waals surface area (Å²) >= 11 is 0. The van der Waals surface area contributed by atoms with Crippen LogP contribution in [0, 0.1) is 19.8 Å². The molecule has 1 aliphatic carbocycles. The molecule has 1 saturated heterocycles. The van der Waals surface area contributed by atoms with Gasteiger partial charge in [0.05, 0.1) is 17.2 Å². The van der Waals surface area contributed by atoms with Gasteiger partial charge in [0.2, 0.25) is 11.8 Å². The second-order valence-corrected chi connectivity index (χ2v) is 6.45. The van der Waals surface area contributed by atoms with Crippen molar-refractivity contribution in [3.05, 3.63) is 35.4 Å². The van der Waals surface area contributed by atoms with E-state index in [9.17, 15) is 4.79 Å². The number of amides is 1. The standard InChI is InChI=1S/C16H19N3O3/c1-10-13(5-7-21-10)14(20)19-8-12-4-3-6-16(12,9-19)15-18-17-11(2)22-15/h5,7,12H,3-4,6,8-9H2,1-2H3/t12-,16-/m0/s1. The van der Waals surface area contributed by atoms with E-state index in [2.05, 4.69) is 10.2 Å². The van der Waals surface area contributed by atoms with E-state index < -0.39 is 0 Å². The number of hydrogen-bond acceptors (Lipinski definition) is 5. The lowest BCUT2D eigenvalue weighted by atomic mass is 9.80. The third kappa shape index (κ3) is 1.82. The summed E-state index contributed by atoms with van der Waals surface area (Å²) in [5, 5.41) is 8.25. The van der Waals surface area contributed by atoms with Crippen molar-refractivity contribution in [2.24, 2.45) is 5.92 Å². The van der Waals surface area contributed by atoms with Crippen molar-refractivity contribution in [1.82, 2.24) is 15.1 Å². The minimum Gasteiger partial charge on any atom is -0.469 e. The summed E-state index contributed by atoms with van der Waals surface area (Å²) in [7, 11) is 0. The maximum atomic E-state index is 12.7. The number of rotatable bonds is 2. The highest BCUT2D eigenvalue weighted by atomic mass is 16.4. The molecule has 2 aliphatic rings. The van der Waals surface area contributed by atoms with Crippen molar-refractivity contribution in [3.63, 3.8) is 0 Å². The predicted octanol–water partition coefficient (Wildman–Crippen LogP) is 2.47. The van der Waals surface area contributed by atoms with Crippen LogP contribution >= 0.6 is 0 Å². The van der Waals surface area contributed by atoms with Crippen molar-refractivity contribution in [2.45, 2.75) is 38.5 Å². The van der Waals surface area contributed by atoms with Gasteiger partial charge >= 0.3 is 0 Å². The van der Waals surface area contributed by atoms with Gasteiger partial charge in [0.25, 0.3) is 5.91 Å². The van der Waals surface area contributed by atoms with Crippen LogP contribution < -0.4 is 0 Å². The summed E-state index contributed by atoms with van der Waals surface area (Å²) in [6, 6.07) is 1.75. The Bertz CT molecular complexity index is 720. The number of aryl methyl sites for hydroxylation is 2. The van der Waals surface area contributed by atoms with Gasteiger partial charge in [0.1, 0.15) is 5.76 Å². The molecule has 2 fully saturated rings. The Hall–Kier alpha value is -2.11. The molecule has 116 valence electrons. The number of carbonyl (C=O) groups excluding carboxylic acids is 1. The highest BCUT2D eigenvalue weighted by molar-refractivity contribution is 5.95. The van der Waals surface area contributed by atoms with Crippen LogP contribution in [0.3, 0.4) is 0 Å². The molecule has 4 rings (SSSR count). The summed E-state index contributed by atoms with van der Waals surface area (Å²) < 4.78 is 11.0. The van der Waals surface area contributed by atoms with Crippen LogP contribution in [0.4, 0.5) is 0 Å². The average molecular weight is 301 g/mol. The largest absolute Gasteiger partial charge is 0.469 e. The van der Waals surface area contributed by atoms with Gasteiger partial charge in [-0.1, -0.05) is 6.42 Å². The Balaban J connectivity index is 1.65. The molecule has 0 unspecified atom stereocenters. The minimum absolute atomic E-state index is 0.0382. The second-order valence-electron chi connectivity index (χ2n) is 6.45. The van der Waals surface area contributed by atoms with E-state index in [1.54, 1.807) is 12.3 Å². The van der Waals surface area contributed by atoms with E-state index in [4.69, 9.17) is 8.83 Å². The van der Waals surface area contributed by atoms with Crippen molar-refractivity contribution in [2.75, 3.05) is 13.1 Å². The highest BCUT2D eigenvalue weighted by Crippen LogP contribution is 2.50. The summed E-state index contributed by atoms with van der Waals surface area (Å²) in [4.78, 5) is 14.7. The van der Waals surface area contributed by atoms with Crippen molar-refractivity contribution in [3.8, 4) is 0 Å². The molecule has 2 aromatic heterocycles. The fourth-order valence-electron chi connectivity index (χ4n) is 4.07. The first-order valence-corrected chi connectivity index (χ1v) is 7.74. The van der Waals surface area contributed by atoms with Crippen molar-refractivity contribution in [1.29, 1.82) is 0 Å². The van der Waals surface area contributed by atoms with Crippen molar-refractivity contribution >= 4 is 5.91 Å². The lowest BCUT2D eigenvalue weighted by Crippen LogP contribution is -2.35. The highest BCUT2D eigenvalue weighted by Gasteiger charge is 2.55. The van der Waals surface area contributed by atoms with E-state index in [0.29, 0.717) is 35.6 Å². The number of aromatic nitrogens is 2. The molecule has 3 heterocycles. The summed E-state index contributed by atoms with van der Waals surface area (Å²) in [5.41, 5.74) is 0.492. The zero-order chi connectivity index (χ0) is 15.3. The van der Waals surface area contributed by atoms with Gasteiger partial charge in [0, 0.05) is 20.0 Å². The van der Waals surface area contributed by atoms with E-state index in [-0.39, 0.29) is 11.3 Å². The van der Waals surface area contributed by atoms with Crippen LogP contribution in [-0.2, 0) is 5.41 Å². The molecule has 0 radical (unpaired) electrons. The van der Waals surface area contributed by atoms with Crippen LogP contribution in [-0.4, -0.2) is 34.1 Å². The van der Waals surface area contributed by atoms with Crippen LogP contribution in [0.2, 0.25) is 0 Å². The van der Waals surface area contributed by atoms with Gasteiger partial charge in [-0.2, -0.15) is 0 Å². The lowest BCUT2D eigenvalue weighted by Gasteiger charge is -2.24. The molecular formula is C16H19N3O3. The Labute approximate surface area is 128 Å². The van der Waals surface area contributed by atoms with Gasteiger partial charge < -0.3 is 13.7 Å². The molecule has 0 N–H and O–H groups in total. The molecule has 6 nitrogen and oxygen atoms in total. The van der Waals surface area contributed by atoms with Crippen LogP contribution in [0.5, 0.6) is 0 Å². The molecule has 22 heavy (non-hydrogen) atoms. The van der Waals surface area contributed by atoms with Crippen LogP contribution in [0.15, 0.2) is 21.2 Å². The molecule has 2 aromatic rings. The first kappa shape index (κ1) is 13.5. The molecule has 1 saturated carbocycles. The van der Waals surface area contributed by atoms with Gasteiger partial charge in [-0.15, -0.1) is 10.2 Å². The van der Waals surface area contributed by atoms with Crippen LogP contribution in [0.1, 0.15) is 47.2 Å². The smallest absolute Gasteiger partial charge is 0.257 e. The molecular weight excluding hydrogens is 282 g/mol. The first-order valence-electron chi connectivity index (χ1n) is 7.74. The number of fused-ring (bicyclic) bond motifs is 1. The maximum absolute atomic E-state index is 12.7. The Morgan fingerprint density at radius 2 is 2.27 bits per heavy atom.